The van der Waals surface area contributed by atoms with Crippen LogP contribution in [0.3, 0.4) is 0 Å². The second-order valence-electron chi connectivity index (χ2n) is 6.71. The van der Waals surface area contributed by atoms with Crippen LogP contribution in [0.2, 0.25) is 5.02 Å². The Morgan fingerprint density at radius 3 is 2.73 bits per heavy atom. The Kier molecular flexibility index (Phi) is 6.31. The molecular formula is C20H18ClN3O6. The summed E-state index contributed by atoms with van der Waals surface area (Å²) in [5, 5.41) is 13.1. The number of carbonyl (C=O) groups excluding carboxylic acids is 3. The van der Waals surface area contributed by atoms with Crippen LogP contribution in [0.15, 0.2) is 42.5 Å². The molecule has 3 rings (SSSR count). The topological polar surface area (TPSA) is 119 Å². The number of anilines is 1. The van der Waals surface area contributed by atoms with Crippen LogP contribution in [0.25, 0.3) is 0 Å². The number of fused-ring (bicyclic) bond motifs is 1. The number of benzene rings is 2. The molecular weight excluding hydrogens is 414 g/mol. The highest BCUT2D eigenvalue weighted by Gasteiger charge is 2.31. The molecule has 156 valence electrons. The number of hydrogen-bond donors (Lipinski definition) is 1. The van der Waals surface area contributed by atoms with Gasteiger partial charge in [0, 0.05) is 23.4 Å². The number of amides is 2. The zero-order valence-corrected chi connectivity index (χ0v) is 16.7. The normalized spacial score (nSPS) is 14.7. The van der Waals surface area contributed by atoms with Crippen LogP contribution in [-0.4, -0.2) is 41.9 Å². The maximum atomic E-state index is 12.5. The molecule has 0 bridgehead atoms. The number of hydrogen-bond acceptors (Lipinski definition) is 6. The van der Waals surface area contributed by atoms with Crippen molar-refractivity contribution in [3.8, 4) is 0 Å². The lowest BCUT2D eigenvalue weighted by atomic mass is 10.1. The molecule has 1 aliphatic rings. The molecule has 0 saturated carbocycles. The van der Waals surface area contributed by atoms with Gasteiger partial charge in [0.2, 0.25) is 0 Å². The average molecular weight is 432 g/mol. The molecule has 10 heteroatoms. The van der Waals surface area contributed by atoms with E-state index in [4.69, 9.17) is 16.3 Å². The summed E-state index contributed by atoms with van der Waals surface area (Å²) < 4.78 is 4.97. The number of ether oxygens (including phenoxy) is 1. The molecule has 1 N–H and O–H groups in total. The van der Waals surface area contributed by atoms with E-state index in [2.05, 4.69) is 5.32 Å². The second-order valence-corrected chi connectivity index (χ2v) is 7.12. The zero-order chi connectivity index (χ0) is 21.8. The van der Waals surface area contributed by atoms with Gasteiger partial charge in [-0.2, -0.15) is 0 Å². The number of rotatable bonds is 6. The van der Waals surface area contributed by atoms with Crippen molar-refractivity contribution >= 4 is 40.8 Å². The minimum absolute atomic E-state index is 0.0301. The fourth-order valence-corrected chi connectivity index (χ4v) is 3.44. The lowest BCUT2D eigenvalue weighted by Gasteiger charge is -2.22. The van der Waals surface area contributed by atoms with E-state index in [0.29, 0.717) is 0 Å². The van der Waals surface area contributed by atoms with Crippen molar-refractivity contribution in [3.05, 3.63) is 68.7 Å². The highest BCUT2D eigenvalue weighted by atomic mass is 35.5. The first-order valence-corrected chi connectivity index (χ1v) is 9.43. The van der Waals surface area contributed by atoms with Crippen molar-refractivity contribution < 1.29 is 24.0 Å². The number of nitrogens with zero attached hydrogens (tertiary/aromatic N) is 2. The minimum Gasteiger partial charge on any atom is -0.454 e. The fraction of sp³-hybridized carbons (Fsp3) is 0.250. The number of esters is 1. The number of nitro groups is 1. The largest absolute Gasteiger partial charge is 0.454 e. The molecule has 9 nitrogen and oxygen atoms in total. The number of para-hydroxylation sites is 1. The number of nitrogens with one attached hydrogen (secondary N) is 1. The van der Waals surface area contributed by atoms with Gasteiger partial charge in [-0.05, 0) is 37.1 Å². The van der Waals surface area contributed by atoms with Crippen LogP contribution in [0.5, 0.6) is 0 Å². The molecule has 0 fully saturated rings. The van der Waals surface area contributed by atoms with Gasteiger partial charge in [-0.15, -0.1) is 0 Å². The third-order valence-electron chi connectivity index (χ3n) is 4.63. The molecule has 0 aliphatic carbocycles. The highest BCUT2D eigenvalue weighted by Crippen LogP contribution is 2.31. The molecule has 0 saturated heterocycles. The average Bonchev–Trinajstić information content (AvgIpc) is 3.06. The number of halogens is 1. The number of carbonyl (C=O) groups is 3. The Balaban J connectivity index is 1.52. The highest BCUT2D eigenvalue weighted by molar-refractivity contribution is 6.32. The van der Waals surface area contributed by atoms with E-state index in [1.54, 1.807) is 4.90 Å². The first-order chi connectivity index (χ1) is 14.3. The summed E-state index contributed by atoms with van der Waals surface area (Å²) in [6.07, 6.45) is 0.721. The predicted octanol–water partition coefficient (Wildman–Crippen LogP) is 2.50. The van der Waals surface area contributed by atoms with Crippen molar-refractivity contribution in [1.29, 1.82) is 0 Å². The van der Waals surface area contributed by atoms with Crippen molar-refractivity contribution in [2.24, 2.45) is 0 Å². The smallest absolute Gasteiger partial charge is 0.325 e. The third kappa shape index (κ3) is 4.57. The minimum atomic E-state index is -0.805. The van der Waals surface area contributed by atoms with Gasteiger partial charge < -0.3 is 15.0 Å². The fourth-order valence-electron chi connectivity index (χ4n) is 3.26. The predicted molar refractivity (Wildman–Crippen MR) is 108 cm³/mol. The van der Waals surface area contributed by atoms with E-state index in [1.807, 2.05) is 31.2 Å². The Morgan fingerprint density at radius 1 is 1.27 bits per heavy atom. The van der Waals surface area contributed by atoms with Gasteiger partial charge in [-0.3, -0.25) is 24.5 Å². The number of nitro benzene ring substituents is 1. The molecule has 1 atom stereocenters. The van der Waals surface area contributed by atoms with Gasteiger partial charge >= 0.3 is 5.97 Å². The van der Waals surface area contributed by atoms with E-state index in [1.165, 1.54) is 12.1 Å². The quantitative estimate of drug-likeness (QED) is 0.426. The first-order valence-electron chi connectivity index (χ1n) is 9.05. The maximum Gasteiger partial charge on any atom is 0.325 e. The van der Waals surface area contributed by atoms with Gasteiger partial charge in [0.15, 0.2) is 6.61 Å². The lowest BCUT2D eigenvalue weighted by molar-refractivity contribution is -0.384. The second kappa shape index (κ2) is 8.91. The van der Waals surface area contributed by atoms with E-state index in [9.17, 15) is 24.5 Å². The molecule has 0 spiro atoms. The Labute approximate surface area is 176 Å². The molecule has 30 heavy (non-hydrogen) atoms. The standard InChI is InChI=1S/C20H18ClN3O6/c1-12-8-13-4-2-3-5-16(13)23(12)18(25)11-30-19(26)10-22-20(27)14-6-7-15(21)17(9-14)24(28)29/h2-7,9,12H,8,10-11H2,1H3,(H,22,27). The lowest BCUT2D eigenvalue weighted by Crippen LogP contribution is -2.39. The van der Waals surface area contributed by atoms with Crippen LogP contribution in [0.1, 0.15) is 22.8 Å². The summed E-state index contributed by atoms with van der Waals surface area (Å²) >= 11 is 5.71. The summed E-state index contributed by atoms with van der Waals surface area (Å²) in [6, 6.07) is 11.0. The van der Waals surface area contributed by atoms with Crippen molar-refractivity contribution in [1.82, 2.24) is 5.32 Å². The van der Waals surface area contributed by atoms with Crippen LogP contribution in [0.4, 0.5) is 11.4 Å². The summed E-state index contributed by atoms with van der Waals surface area (Å²) in [7, 11) is 0. The summed E-state index contributed by atoms with van der Waals surface area (Å²) in [4.78, 5) is 48.3. The van der Waals surface area contributed by atoms with E-state index in [0.717, 1.165) is 23.7 Å². The van der Waals surface area contributed by atoms with E-state index in [-0.39, 0.29) is 22.5 Å². The molecule has 0 aromatic heterocycles. The van der Waals surface area contributed by atoms with Gasteiger partial charge in [-0.25, -0.2) is 0 Å². The van der Waals surface area contributed by atoms with Crippen LogP contribution in [0, 0.1) is 10.1 Å². The van der Waals surface area contributed by atoms with E-state index < -0.39 is 35.6 Å². The van der Waals surface area contributed by atoms with Gasteiger partial charge in [0.1, 0.15) is 11.6 Å². The Morgan fingerprint density at radius 2 is 2.00 bits per heavy atom. The first kappa shape index (κ1) is 21.3. The van der Waals surface area contributed by atoms with Crippen molar-refractivity contribution in [3.63, 3.8) is 0 Å². The molecule has 1 heterocycles. The third-order valence-corrected chi connectivity index (χ3v) is 4.95. The molecule has 2 amide bonds. The molecule has 2 aromatic carbocycles. The van der Waals surface area contributed by atoms with Crippen molar-refractivity contribution in [2.45, 2.75) is 19.4 Å². The SMILES string of the molecule is CC1Cc2ccccc2N1C(=O)COC(=O)CNC(=O)c1ccc(Cl)c([N+](=O)[O-])c1. The zero-order valence-electron chi connectivity index (χ0n) is 16.0. The monoisotopic (exact) mass is 431 g/mol. The summed E-state index contributed by atoms with van der Waals surface area (Å²) in [6.45, 7) is 0.958. The van der Waals surface area contributed by atoms with E-state index >= 15 is 0 Å². The van der Waals surface area contributed by atoms with Gasteiger partial charge in [-0.1, -0.05) is 29.8 Å². The molecule has 1 aliphatic heterocycles. The van der Waals surface area contributed by atoms with Gasteiger partial charge in [0.05, 0.1) is 4.92 Å². The summed E-state index contributed by atoms with van der Waals surface area (Å²) in [5.41, 5.74) is 1.40. The van der Waals surface area contributed by atoms with Gasteiger partial charge in [0.25, 0.3) is 17.5 Å². The van der Waals surface area contributed by atoms with Crippen LogP contribution < -0.4 is 10.2 Å². The molecule has 0 radical (unpaired) electrons. The maximum absolute atomic E-state index is 12.5. The van der Waals surface area contributed by atoms with Crippen LogP contribution >= 0.6 is 11.6 Å². The summed E-state index contributed by atoms with van der Waals surface area (Å²) in [5.74, 6) is -1.87. The molecule has 1 unspecified atom stereocenters. The Hall–Kier alpha value is -3.46. The van der Waals surface area contributed by atoms with Crippen LogP contribution in [-0.2, 0) is 20.7 Å². The molecule has 2 aromatic rings. The Bertz CT molecular complexity index is 1030. The van der Waals surface area contributed by atoms with Crippen molar-refractivity contribution in [2.75, 3.05) is 18.1 Å².